The minimum absolute atomic E-state index is 0.500. The molecular formula is C15H13BrN2O2. The number of rotatable bonds is 6. The van der Waals surface area contributed by atoms with Crippen LogP contribution in [0.4, 0.5) is 0 Å². The molecule has 102 valence electrons. The highest BCUT2D eigenvalue weighted by molar-refractivity contribution is 9.10. The zero-order valence-corrected chi connectivity index (χ0v) is 12.3. The Morgan fingerprint density at radius 1 is 1.15 bits per heavy atom. The van der Waals surface area contributed by atoms with Crippen LogP contribution in [-0.2, 0) is 0 Å². The summed E-state index contributed by atoms with van der Waals surface area (Å²) in [5.41, 5.74) is 0.546. The van der Waals surface area contributed by atoms with Gasteiger partial charge in [-0.1, -0.05) is 12.1 Å². The van der Waals surface area contributed by atoms with Gasteiger partial charge in [0.1, 0.15) is 17.6 Å². The summed E-state index contributed by atoms with van der Waals surface area (Å²) in [4.78, 5) is 4.01. The highest BCUT2D eigenvalue weighted by Crippen LogP contribution is 2.17. The lowest BCUT2D eigenvalue weighted by Crippen LogP contribution is -2.05. The van der Waals surface area contributed by atoms with Crippen molar-refractivity contribution in [3.05, 3.63) is 52.8 Å². The third-order valence-corrected chi connectivity index (χ3v) is 2.94. The molecule has 0 saturated carbocycles. The van der Waals surface area contributed by atoms with E-state index in [-0.39, 0.29) is 0 Å². The molecule has 0 spiro atoms. The third-order valence-electron chi connectivity index (χ3n) is 2.50. The van der Waals surface area contributed by atoms with Gasteiger partial charge in [0.25, 0.3) is 0 Å². The quantitative estimate of drug-likeness (QED) is 0.759. The highest BCUT2D eigenvalue weighted by Gasteiger charge is 2.01. The number of hydrogen-bond donors (Lipinski definition) is 0. The van der Waals surface area contributed by atoms with Crippen LogP contribution in [0.1, 0.15) is 12.0 Å². The van der Waals surface area contributed by atoms with Crippen LogP contribution in [0.3, 0.4) is 0 Å². The largest absolute Gasteiger partial charge is 0.492 e. The lowest BCUT2D eigenvalue weighted by Gasteiger charge is -2.08. The molecule has 0 aliphatic carbocycles. The fourth-order valence-corrected chi connectivity index (χ4v) is 1.93. The summed E-state index contributed by atoms with van der Waals surface area (Å²) in [5.74, 6) is 1.33. The van der Waals surface area contributed by atoms with Crippen LogP contribution < -0.4 is 9.47 Å². The SMILES string of the molecule is N#Cc1ccccc1OCCCOc1cncc(Br)c1. The summed E-state index contributed by atoms with van der Waals surface area (Å²) in [6.45, 7) is 1.03. The second-order valence-electron chi connectivity index (χ2n) is 4.00. The molecule has 1 aromatic heterocycles. The van der Waals surface area contributed by atoms with E-state index in [2.05, 4.69) is 27.0 Å². The fraction of sp³-hybridized carbons (Fsp3) is 0.200. The molecule has 0 amide bonds. The molecule has 5 heteroatoms. The normalized spacial score (nSPS) is 9.80. The van der Waals surface area contributed by atoms with E-state index >= 15 is 0 Å². The van der Waals surface area contributed by atoms with Crippen molar-refractivity contribution in [3.8, 4) is 17.6 Å². The Morgan fingerprint density at radius 3 is 2.75 bits per heavy atom. The number of para-hydroxylation sites is 1. The number of pyridine rings is 1. The van der Waals surface area contributed by atoms with Crippen LogP contribution in [0.2, 0.25) is 0 Å². The van der Waals surface area contributed by atoms with Crippen LogP contribution in [0.5, 0.6) is 11.5 Å². The average Bonchev–Trinajstić information content (AvgIpc) is 2.47. The van der Waals surface area contributed by atoms with Gasteiger partial charge in [-0.2, -0.15) is 5.26 Å². The first-order valence-corrected chi connectivity index (χ1v) is 6.94. The van der Waals surface area contributed by atoms with Gasteiger partial charge in [-0.15, -0.1) is 0 Å². The first-order valence-electron chi connectivity index (χ1n) is 6.15. The van der Waals surface area contributed by atoms with Gasteiger partial charge in [0.05, 0.1) is 25.0 Å². The van der Waals surface area contributed by atoms with Gasteiger partial charge in [0, 0.05) is 17.1 Å². The first-order chi connectivity index (χ1) is 9.79. The lowest BCUT2D eigenvalue weighted by molar-refractivity contribution is 0.246. The molecule has 0 fully saturated rings. The Hall–Kier alpha value is -2.06. The zero-order valence-electron chi connectivity index (χ0n) is 10.8. The van der Waals surface area contributed by atoms with E-state index in [0.29, 0.717) is 24.5 Å². The van der Waals surface area contributed by atoms with Gasteiger partial charge in [-0.25, -0.2) is 0 Å². The maximum absolute atomic E-state index is 8.93. The molecule has 2 aromatic rings. The standard InChI is InChI=1S/C15H13BrN2O2/c16-13-8-14(11-18-10-13)19-6-3-7-20-15-5-2-1-4-12(15)9-17/h1-2,4-5,8,10-11H,3,6-7H2. The summed E-state index contributed by atoms with van der Waals surface area (Å²) < 4.78 is 12.0. The number of halogens is 1. The topological polar surface area (TPSA) is 55.1 Å². The van der Waals surface area contributed by atoms with E-state index in [0.717, 1.165) is 16.6 Å². The van der Waals surface area contributed by atoms with Crippen molar-refractivity contribution in [1.29, 1.82) is 5.26 Å². The lowest BCUT2D eigenvalue weighted by atomic mass is 10.2. The number of nitrogens with zero attached hydrogens (tertiary/aromatic N) is 2. The average molecular weight is 333 g/mol. The smallest absolute Gasteiger partial charge is 0.138 e. The van der Waals surface area contributed by atoms with Crippen molar-refractivity contribution in [2.24, 2.45) is 0 Å². The van der Waals surface area contributed by atoms with Crippen LogP contribution >= 0.6 is 15.9 Å². The van der Waals surface area contributed by atoms with Crippen LogP contribution in [0, 0.1) is 11.3 Å². The first kappa shape index (κ1) is 14.4. The van der Waals surface area contributed by atoms with E-state index in [1.54, 1.807) is 24.5 Å². The number of aromatic nitrogens is 1. The molecule has 1 aromatic carbocycles. The van der Waals surface area contributed by atoms with Crippen LogP contribution in [0.25, 0.3) is 0 Å². The summed E-state index contributed by atoms with van der Waals surface area (Å²) in [6.07, 6.45) is 4.09. The predicted octanol–water partition coefficient (Wildman–Crippen LogP) is 3.56. The molecule has 4 nitrogen and oxygen atoms in total. The number of ether oxygens (including phenoxy) is 2. The maximum Gasteiger partial charge on any atom is 0.138 e. The zero-order chi connectivity index (χ0) is 14.2. The molecule has 0 N–H and O–H groups in total. The molecule has 0 aliphatic heterocycles. The van der Waals surface area contributed by atoms with E-state index in [9.17, 15) is 0 Å². The molecular weight excluding hydrogens is 320 g/mol. The fourth-order valence-electron chi connectivity index (χ4n) is 1.59. The minimum Gasteiger partial charge on any atom is -0.492 e. The second kappa shape index (κ2) is 7.51. The van der Waals surface area contributed by atoms with Gasteiger partial charge >= 0.3 is 0 Å². The molecule has 0 saturated heterocycles. The molecule has 0 unspecified atom stereocenters. The summed E-state index contributed by atoms with van der Waals surface area (Å²) >= 11 is 3.33. The third kappa shape index (κ3) is 4.25. The van der Waals surface area contributed by atoms with E-state index in [4.69, 9.17) is 14.7 Å². The highest BCUT2D eigenvalue weighted by atomic mass is 79.9. The van der Waals surface area contributed by atoms with Gasteiger partial charge in [-0.3, -0.25) is 4.98 Å². The Morgan fingerprint density at radius 2 is 1.95 bits per heavy atom. The van der Waals surface area contributed by atoms with Crippen molar-refractivity contribution in [1.82, 2.24) is 4.98 Å². The molecule has 20 heavy (non-hydrogen) atoms. The van der Waals surface area contributed by atoms with Crippen molar-refractivity contribution in [3.63, 3.8) is 0 Å². The Balaban J connectivity index is 1.73. The predicted molar refractivity (Wildman–Crippen MR) is 78.7 cm³/mol. The molecule has 0 radical (unpaired) electrons. The van der Waals surface area contributed by atoms with Gasteiger partial charge in [0.15, 0.2) is 0 Å². The van der Waals surface area contributed by atoms with Gasteiger partial charge in [0.2, 0.25) is 0 Å². The Bertz CT molecular complexity index is 611. The van der Waals surface area contributed by atoms with Crippen molar-refractivity contribution in [2.45, 2.75) is 6.42 Å². The van der Waals surface area contributed by atoms with Crippen molar-refractivity contribution >= 4 is 15.9 Å². The molecule has 0 aliphatic rings. The van der Waals surface area contributed by atoms with Crippen LogP contribution in [0.15, 0.2) is 47.2 Å². The molecule has 0 bridgehead atoms. The monoisotopic (exact) mass is 332 g/mol. The van der Waals surface area contributed by atoms with Crippen LogP contribution in [-0.4, -0.2) is 18.2 Å². The number of nitriles is 1. The number of benzene rings is 1. The summed E-state index contributed by atoms with van der Waals surface area (Å²) in [5, 5.41) is 8.93. The number of hydrogen-bond acceptors (Lipinski definition) is 4. The Kier molecular flexibility index (Phi) is 5.39. The van der Waals surface area contributed by atoms with Gasteiger partial charge in [-0.05, 0) is 34.1 Å². The van der Waals surface area contributed by atoms with Gasteiger partial charge < -0.3 is 9.47 Å². The molecule has 0 atom stereocenters. The summed E-state index contributed by atoms with van der Waals surface area (Å²) in [6, 6.07) is 11.1. The van der Waals surface area contributed by atoms with E-state index in [1.165, 1.54) is 0 Å². The van der Waals surface area contributed by atoms with Crippen molar-refractivity contribution < 1.29 is 9.47 Å². The summed E-state index contributed by atoms with van der Waals surface area (Å²) in [7, 11) is 0. The van der Waals surface area contributed by atoms with E-state index < -0.39 is 0 Å². The molecule has 1 heterocycles. The van der Waals surface area contributed by atoms with E-state index in [1.807, 2.05) is 18.2 Å². The second-order valence-corrected chi connectivity index (χ2v) is 4.91. The maximum atomic E-state index is 8.93. The Labute approximate surface area is 126 Å². The molecule has 2 rings (SSSR count). The van der Waals surface area contributed by atoms with Crippen molar-refractivity contribution in [2.75, 3.05) is 13.2 Å². The minimum atomic E-state index is 0.500.